The molecule has 3 heterocycles. The Bertz CT molecular complexity index is 1040. The van der Waals surface area contributed by atoms with Gasteiger partial charge in [0.2, 0.25) is 5.69 Å². The highest BCUT2D eigenvalue weighted by atomic mass is 35.5. The Morgan fingerprint density at radius 1 is 1.15 bits per heavy atom. The third-order valence-electron chi connectivity index (χ3n) is 6.94. The Balaban J connectivity index is 1.09. The molecule has 0 bridgehead atoms. The summed E-state index contributed by atoms with van der Waals surface area (Å²) >= 11 is 6.10. The summed E-state index contributed by atoms with van der Waals surface area (Å²) in [6.07, 6.45) is 6.72. The molecule has 1 saturated carbocycles. The maximum absolute atomic E-state index is 12.7. The Labute approximate surface area is 198 Å². The molecule has 2 atom stereocenters. The summed E-state index contributed by atoms with van der Waals surface area (Å²) in [6, 6.07) is 5.24. The largest absolute Gasteiger partial charge is 0.490 e. The van der Waals surface area contributed by atoms with E-state index in [1.165, 1.54) is 0 Å². The summed E-state index contributed by atoms with van der Waals surface area (Å²) in [4.78, 5) is 27.2. The zero-order chi connectivity index (χ0) is 22.8. The minimum absolute atomic E-state index is 0.0715. The zero-order valence-electron chi connectivity index (χ0n) is 18.3. The highest BCUT2D eigenvalue weighted by Gasteiger charge is 2.36. The molecule has 0 spiro atoms. The van der Waals surface area contributed by atoms with Gasteiger partial charge in [-0.15, -0.1) is 0 Å². The molecule has 2 N–H and O–H groups in total. The van der Waals surface area contributed by atoms with Crippen LogP contribution in [0.2, 0.25) is 5.02 Å². The van der Waals surface area contributed by atoms with Crippen LogP contribution in [0.3, 0.4) is 0 Å². The second-order valence-corrected chi connectivity index (χ2v) is 9.54. The van der Waals surface area contributed by atoms with Gasteiger partial charge in [0, 0.05) is 32.2 Å². The Hall–Kier alpha value is -2.89. The third kappa shape index (κ3) is 4.90. The molecule has 1 aliphatic carbocycles. The van der Waals surface area contributed by atoms with Crippen molar-refractivity contribution in [2.45, 2.75) is 37.8 Å². The lowest BCUT2D eigenvalue weighted by molar-refractivity contribution is 0.0888. The van der Waals surface area contributed by atoms with Gasteiger partial charge < -0.3 is 20.3 Å². The molecule has 1 aromatic carbocycles. The number of halogens is 1. The van der Waals surface area contributed by atoms with Gasteiger partial charge in [-0.2, -0.15) is 0 Å². The summed E-state index contributed by atoms with van der Waals surface area (Å²) in [6.45, 7) is 11.2. The van der Waals surface area contributed by atoms with E-state index < -0.39 is 0 Å². The van der Waals surface area contributed by atoms with E-state index in [0.29, 0.717) is 34.0 Å². The first-order valence-electron chi connectivity index (χ1n) is 11.5. The van der Waals surface area contributed by atoms with Gasteiger partial charge in [-0.1, -0.05) is 17.7 Å². The molecule has 33 heavy (non-hydrogen) atoms. The molecule has 9 heteroatoms. The van der Waals surface area contributed by atoms with Gasteiger partial charge in [-0.05, 0) is 49.7 Å². The number of carbonyl (C=O) groups is 1. The topological polar surface area (TPSA) is 83.7 Å². The van der Waals surface area contributed by atoms with Gasteiger partial charge in [0.1, 0.15) is 17.3 Å². The Kier molecular flexibility index (Phi) is 6.34. The van der Waals surface area contributed by atoms with E-state index in [9.17, 15) is 4.79 Å². The van der Waals surface area contributed by atoms with Crippen molar-refractivity contribution < 1.29 is 9.53 Å². The van der Waals surface area contributed by atoms with Crippen LogP contribution >= 0.6 is 11.6 Å². The van der Waals surface area contributed by atoms with E-state index in [1.54, 1.807) is 30.6 Å². The van der Waals surface area contributed by atoms with Crippen molar-refractivity contribution in [1.82, 2.24) is 20.6 Å². The number of hydrogen-bond donors (Lipinski definition) is 2. The van der Waals surface area contributed by atoms with Crippen molar-refractivity contribution in [1.29, 1.82) is 0 Å². The highest BCUT2D eigenvalue weighted by molar-refractivity contribution is 6.33. The van der Waals surface area contributed by atoms with Crippen LogP contribution in [-0.4, -0.2) is 54.2 Å². The standard InChI is InChI=1S/C24H27ClN6O2/c1-26-21-7-6-19(8-20(21)25)33-18-4-2-17(3-5-18)30-24(32)22-11-29-23(12-28-22)31-13-15-9-27-10-16(15)14-31/h6-8,11-12,15-18,27H,2-5,9-10,13-14H2,(H,30,32). The normalized spacial score (nSPS) is 26.5. The van der Waals surface area contributed by atoms with Crippen molar-refractivity contribution in [3.63, 3.8) is 0 Å². The van der Waals surface area contributed by atoms with Crippen LogP contribution in [0.5, 0.6) is 5.75 Å². The number of fused-ring (bicyclic) bond motifs is 1. The minimum atomic E-state index is -0.178. The highest BCUT2D eigenvalue weighted by Crippen LogP contribution is 2.32. The average molecular weight is 467 g/mol. The lowest BCUT2D eigenvalue weighted by Gasteiger charge is -2.29. The summed E-state index contributed by atoms with van der Waals surface area (Å²) in [5, 5.41) is 6.94. The maximum Gasteiger partial charge on any atom is 0.271 e. The number of carbonyl (C=O) groups excluding carboxylic acids is 1. The molecular weight excluding hydrogens is 440 g/mol. The van der Waals surface area contributed by atoms with Crippen LogP contribution in [0.4, 0.5) is 11.5 Å². The van der Waals surface area contributed by atoms with Crippen LogP contribution in [0.25, 0.3) is 4.85 Å². The molecule has 3 aliphatic rings. The van der Waals surface area contributed by atoms with Gasteiger partial charge in [-0.3, -0.25) is 4.79 Å². The zero-order valence-corrected chi connectivity index (χ0v) is 19.1. The molecule has 0 radical (unpaired) electrons. The van der Waals surface area contributed by atoms with Crippen molar-refractivity contribution in [2.24, 2.45) is 11.8 Å². The molecular formula is C24H27ClN6O2. The summed E-state index contributed by atoms with van der Waals surface area (Å²) in [5.41, 5.74) is 0.777. The molecule has 2 saturated heterocycles. The van der Waals surface area contributed by atoms with Gasteiger partial charge in [0.15, 0.2) is 0 Å². The second kappa shape index (κ2) is 9.54. The first-order valence-corrected chi connectivity index (χ1v) is 11.9. The molecule has 2 aromatic rings. The lowest BCUT2D eigenvalue weighted by Crippen LogP contribution is -2.40. The van der Waals surface area contributed by atoms with Crippen molar-refractivity contribution in [2.75, 3.05) is 31.1 Å². The van der Waals surface area contributed by atoms with E-state index in [2.05, 4.69) is 30.3 Å². The van der Waals surface area contributed by atoms with Crippen LogP contribution < -0.4 is 20.3 Å². The van der Waals surface area contributed by atoms with Crippen LogP contribution in [-0.2, 0) is 0 Å². The Morgan fingerprint density at radius 3 is 2.55 bits per heavy atom. The van der Waals surface area contributed by atoms with Gasteiger partial charge in [0.25, 0.3) is 5.91 Å². The number of anilines is 1. The number of ether oxygens (including phenoxy) is 1. The van der Waals surface area contributed by atoms with E-state index in [1.807, 2.05) is 0 Å². The smallest absolute Gasteiger partial charge is 0.271 e. The number of aromatic nitrogens is 2. The summed E-state index contributed by atoms with van der Waals surface area (Å²) in [5.74, 6) is 2.71. The molecule has 172 valence electrons. The first kappa shape index (κ1) is 21.9. The predicted octanol–water partition coefficient (Wildman–Crippen LogP) is 3.46. The van der Waals surface area contributed by atoms with E-state index in [0.717, 1.165) is 57.7 Å². The summed E-state index contributed by atoms with van der Waals surface area (Å²) in [7, 11) is 0. The van der Waals surface area contributed by atoms with Crippen LogP contribution in [0, 0.1) is 18.4 Å². The first-order chi connectivity index (χ1) is 16.1. The molecule has 1 amide bonds. The van der Waals surface area contributed by atoms with Gasteiger partial charge >= 0.3 is 0 Å². The number of benzene rings is 1. The van der Waals surface area contributed by atoms with Crippen LogP contribution in [0.15, 0.2) is 30.6 Å². The van der Waals surface area contributed by atoms with Crippen LogP contribution in [0.1, 0.15) is 36.2 Å². The molecule has 1 aromatic heterocycles. The fraction of sp³-hybridized carbons (Fsp3) is 0.500. The SMILES string of the molecule is [C-]#[N+]c1ccc(OC2CCC(NC(=O)c3cnc(N4CC5CNCC5C4)cn3)CC2)cc1Cl. The number of rotatable bonds is 5. The minimum Gasteiger partial charge on any atom is -0.490 e. The fourth-order valence-corrected chi connectivity index (χ4v) is 5.29. The Morgan fingerprint density at radius 2 is 1.91 bits per heavy atom. The fourth-order valence-electron chi connectivity index (χ4n) is 5.07. The van der Waals surface area contributed by atoms with Gasteiger partial charge in [0.05, 0.1) is 30.1 Å². The second-order valence-electron chi connectivity index (χ2n) is 9.13. The third-order valence-corrected chi connectivity index (χ3v) is 7.24. The molecule has 2 aliphatic heterocycles. The number of nitrogens with zero attached hydrogens (tertiary/aromatic N) is 4. The van der Waals surface area contributed by atoms with Crippen molar-refractivity contribution in [3.05, 3.63) is 52.7 Å². The van der Waals surface area contributed by atoms with Gasteiger partial charge in [-0.25, -0.2) is 14.8 Å². The van der Waals surface area contributed by atoms with E-state index in [-0.39, 0.29) is 18.1 Å². The van der Waals surface area contributed by atoms with E-state index >= 15 is 0 Å². The number of nitrogens with one attached hydrogen (secondary N) is 2. The molecule has 3 fully saturated rings. The monoisotopic (exact) mass is 466 g/mol. The molecule has 5 rings (SSSR count). The summed E-state index contributed by atoms with van der Waals surface area (Å²) < 4.78 is 6.03. The molecule has 2 unspecified atom stereocenters. The predicted molar refractivity (Wildman–Crippen MR) is 126 cm³/mol. The molecule has 8 nitrogen and oxygen atoms in total. The maximum atomic E-state index is 12.7. The quantitative estimate of drug-likeness (QED) is 0.656. The van der Waals surface area contributed by atoms with Crippen molar-refractivity contribution >= 4 is 29.0 Å². The number of hydrogen-bond acceptors (Lipinski definition) is 6. The van der Waals surface area contributed by atoms with Crippen molar-refractivity contribution in [3.8, 4) is 5.75 Å². The van der Waals surface area contributed by atoms with E-state index in [4.69, 9.17) is 22.9 Å². The number of amides is 1. The lowest BCUT2D eigenvalue weighted by atomic mass is 9.93. The average Bonchev–Trinajstić information content (AvgIpc) is 3.43.